The molecule has 1 aliphatic heterocycles. The molecule has 0 aliphatic carbocycles. The van der Waals surface area contributed by atoms with Gasteiger partial charge in [-0.05, 0) is 32.9 Å². The van der Waals surface area contributed by atoms with Crippen LogP contribution in [0, 0.1) is 6.92 Å². The Morgan fingerprint density at radius 2 is 1.82 bits per heavy atom. The zero-order valence-electron chi connectivity index (χ0n) is 22.0. The summed E-state index contributed by atoms with van der Waals surface area (Å²) < 4.78 is 33.9. The van der Waals surface area contributed by atoms with Crippen molar-refractivity contribution >= 4 is 34.6 Å². The molecule has 13 heteroatoms. The van der Waals surface area contributed by atoms with E-state index in [9.17, 15) is 24.3 Å². The van der Waals surface area contributed by atoms with Gasteiger partial charge in [-0.15, -0.1) is 0 Å². The second-order valence-electron chi connectivity index (χ2n) is 9.15. The quantitative estimate of drug-likeness (QED) is 0.332. The maximum atomic E-state index is 12.5. The van der Waals surface area contributed by atoms with Crippen molar-refractivity contribution in [1.82, 2.24) is 0 Å². The minimum absolute atomic E-state index is 0.00336. The molecule has 4 N–H and O–H groups in total. The van der Waals surface area contributed by atoms with Crippen LogP contribution in [0.15, 0.2) is 21.3 Å². The predicted octanol–water partition coefficient (Wildman–Crippen LogP) is 2.47. The molecule has 0 bridgehead atoms. The lowest BCUT2D eigenvalue weighted by Gasteiger charge is -2.48. The van der Waals surface area contributed by atoms with Crippen LogP contribution in [0.5, 0.6) is 11.5 Å². The fourth-order valence-electron chi connectivity index (χ4n) is 4.24. The van der Waals surface area contributed by atoms with E-state index in [2.05, 4.69) is 5.32 Å². The van der Waals surface area contributed by atoms with Gasteiger partial charge < -0.3 is 44.3 Å². The third kappa shape index (κ3) is 5.68. The van der Waals surface area contributed by atoms with Crippen LogP contribution in [0.2, 0.25) is 0 Å². The molecule has 2 heterocycles. The Morgan fingerprint density at radius 3 is 2.39 bits per heavy atom. The number of ether oxygens (including phenoxy) is 5. The summed E-state index contributed by atoms with van der Waals surface area (Å²) in [4.78, 5) is 48.3. The number of aryl methyl sites for hydroxylation is 1. The Labute approximate surface area is 218 Å². The largest absolute Gasteiger partial charge is 0.505 e. The smallest absolute Gasteiger partial charge is 0.405 e. The van der Waals surface area contributed by atoms with Gasteiger partial charge in [0.2, 0.25) is 18.3 Å². The molecular weight excluding hydrogens is 504 g/mol. The van der Waals surface area contributed by atoms with E-state index in [1.165, 1.54) is 19.2 Å². The minimum Gasteiger partial charge on any atom is -0.505 e. The van der Waals surface area contributed by atoms with Gasteiger partial charge in [-0.3, -0.25) is 9.59 Å². The zero-order valence-corrected chi connectivity index (χ0v) is 22.0. The fourth-order valence-corrected chi connectivity index (χ4v) is 4.24. The number of rotatable bonds is 8. The Hall–Kier alpha value is -3.84. The fraction of sp³-hybridized carbons (Fsp3) is 0.520. The standard InChI is InChI=1S/C25H32N2O11/c1-7-14(28)27-16-17(30)12-9-10-13(11(3)18(12)36-22(16)31)34-23-20(35-15(29)8-2)19(37-24(26)32)21(33-6)25(4,5)38-23/h9-10,19-21,23,30H,7-8H2,1-6H3,(H2,26,32)(H,27,28)/t19-,20+,21-,23+/m0/s1. The van der Waals surface area contributed by atoms with Gasteiger partial charge in [0, 0.05) is 25.5 Å². The molecule has 13 nitrogen and oxygen atoms in total. The first-order chi connectivity index (χ1) is 17.8. The molecule has 38 heavy (non-hydrogen) atoms. The molecule has 1 aromatic carbocycles. The van der Waals surface area contributed by atoms with Crippen LogP contribution in [0.4, 0.5) is 10.5 Å². The number of amides is 2. The lowest BCUT2D eigenvalue weighted by Crippen LogP contribution is -2.66. The van der Waals surface area contributed by atoms with Crippen molar-refractivity contribution in [2.24, 2.45) is 5.73 Å². The van der Waals surface area contributed by atoms with Crippen LogP contribution in [-0.2, 0) is 28.5 Å². The molecule has 0 radical (unpaired) electrons. The maximum Gasteiger partial charge on any atom is 0.405 e. The van der Waals surface area contributed by atoms with Crippen molar-refractivity contribution in [2.75, 3.05) is 12.4 Å². The number of esters is 1. The Balaban J connectivity index is 2.07. The number of nitrogens with one attached hydrogen (secondary N) is 1. The number of nitrogens with two attached hydrogens (primary N) is 1. The average Bonchev–Trinajstić information content (AvgIpc) is 2.85. The second-order valence-corrected chi connectivity index (χ2v) is 9.15. The summed E-state index contributed by atoms with van der Waals surface area (Å²) in [5, 5.41) is 13.1. The molecule has 1 saturated heterocycles. The van der Waals surface area contributed by atoms with Crippen LogP contribution in [0.25, 0.3) is 11.0 Å². The highest BCUT2D eigenvalue weighted by molar-refractivity contribution is 5.97. The SMILES string of the molecule is CCC(=O)Nc1c(O)c2ccc(O[C@@H]3OC(C)(C)[C@@H](OC)[C@@H](OC(N)=O)[C@H]3OC(=O)CC)c(C)c2oc1=O. The van der Waals surface area contributed by atoms with E-state index in [-0.39, 0.29) is 35.2 Å². The topological polar surface area (TPSA) is 186 Å². The van der Waals surface area contributed by atoms with Crippen molar-refractivity contribution in [1.29, 1.82) is 0 Å². The highest BCUT2D eigenvalue weighted by atomic mass is 16.7. The molecular formula is C25H32N2O11. The van der Waals surface area contributed by atoms with E-state index in [0.717, 1.165) is 0 Å². The van der Waals surface area contributed by atoms with Crippen LogP contribution in [-0.4, -0.2) is 60.4 Å². The molecule has 1 aliphatic rings. The monoisotopic (exact) mass is 536 g/mol. The molecule has 2 amide bonds. The van der Waals surface area contributed by atoms with Crippen molar-refractivity contribution < 1.29 is 47.6 Å². The number of fused-ring (bicyclic) bond motifs is 1. The van der Waals surface area contributed by atoms with Gasteiger partial charge in [-0.1, -0.05) is 13.8 Å². The third-order valence-corrected chi connectivity index (χ3v) is 6.13. The van der Waals surface area contributed by atoms with Crippen LogP contribution in [0.3, 0.4) is 0 Å². The normalized spacial score (nSPS) is 22.5. The van der Waals surface area contributed by atoms with E-state index in [1.54, 1.807) is 34.6 Å². The number of anilines is 1. The first kappa shape index (κ1) is 28.7. The number of carbonyl (C=O) groups is 3. The minimum atomic E-state index is -1.31. The molecule has 208 valence electrons. The summed E-state index contributed by atoms with van der Waals surface area (Å²) in [5.41, 5.74) is 3.15. The number of methoxy groups -OCH3 is 1. The molecule has 3 rings (SSSR count). The molecule has 4 atom stereocenters. The van der Waals surface area contributed by atoms with Gasteiger partial charge in [-0.25, -0.2) is 9.59 Å². The Kier molecular flexibility index (Phi) is 8.52. The number of aromatic hydroxyl groups is 1. The lowest BCUT2D eigenvalue weighted by molar-refractivity contribution is -0.307. The van der Waals surface area contributed by atoms with Gasteiger partial charge in [0.1, 0.15) is 17.4 Å². The highest BCUT2D eigenvalue weighted by Gasteiger charge is 2.55. The first-order valence-electron chi connectivity index (χ1n) is 12.0. The highest BCUT2D eigenvalue weighted by Crippen LogP contribution is 2.39. The van der Waals surface area contributed by atoms with Crippen molar-refractivity contribution in [3.8, 4) is 11.5 Å². The first-order valence-corrected chi connectivity index (χ1v) is 12.0. The molecule has 0 unspecified atom stereocenters. The second kappa shape index (κ2) is 11.3. The summed E-state index contributed by atoms with van der Waals surface area (Å²) in [7, 11) is 1.38. The Bertz CT molecular complexity index is 1290. The summed E-state index contributed by atoms with van der Waals surface area (Å²) in [6, 6.07) is 2.90. The molecule has 0 spiro atoms. The Morgan fingerprint density at radius 1 is 1.13 bits per heavy atom. The van der Waals surface area contributed by atoms with E-state index in [4.69, 9.17) is 33.8 Å². The summed E-state index contributed by atoms with van der Waals surface area (Å²) in [6.45, 7) is 8.09. The number of carbonyl (C=O) groups excluding carboxylic acids is 3. The van der Waals surface area contributed by atoms with Crippen molar-refractivity contribution in [3.63, 3.8) is 0 Å². The molecule has 0 saturated carbocycles. The van der Waals surface area contributed by atoms with Crippen LogP contribution in [0.1, 0.15) is 46.1 Å². The van der Waals surface area contributed by atoms with Gasteiger partial charge in [0.15, 0.2) is 17.5 Å². The lowest BCUT2D eigenvalue weighted by atomic mass is 9.89. The van der Waals surface area contributed by atoms with Crippen LogP contribution >= 0.6 is 0 Å². The van der Waals surface area contributed by atoms with Gasteiger partial charge in [0.25, 0.3) is 0 Å². The number of hydrogen-bond donors (Lipinski definition) is 3. The van der Waals surface area contributed by atoms with E-state index in [0.29, 0.717) is 5.56 Å². The van der Waals surface area contributed by atoms with Gasteiger partial charge >= 0.3 is 17.7 Å². The zero-order chi connectivity index (χ0) is 28.4. The summed E-state index contributed by atoms with van der Waals surface area (Å²) in [6.07, 6.45) is -5.66. The maximum absolute atomic E-state index is 12.5. The van der Waals surface area contributed by atoms with E-state index >= 15 is 0 Å². The van der Waals surface area contributed by atoms with Crippen molar-refractivity contribution in [2.45, 2.75) is 77.7 Å². The number of benzene rings is 1. The van der Waals surface area contributed by atoms with E-state index in [1.807, 2.05) is 0 Å². The van der Waals surface area contributed by atoms with Crippen molar-refractivity contribution in [3.05, 3.63) is 28.1 Å². The summed E-state index contributed by atoms with van der Waals surface area (Å²) >= 11 is 0. The molecule has 1 fully saturated rings. The van der Waals surface area contributed by atoms with Gasteiger partial charge in [0.05, 0.1) is 11.0 Å². The van der Waals surface area contributed by atoms with Crippen LogP contribution < -0.4 is 21.4 Å². The predicted molar refractivity (Wildman–Crippen MR) is 133 cm³/mol. The molecule has 2 aromatic rings. The summed E-state index contributed by atoms with van der Waals surface area (Å²) in [5.74, 6) is -1.41. The third-order valence-electron chi connectivity index (χ3n) is 6.13. The molecule has 1 aromatic heterocycles. The average molecular weight is 537 g/mol. The van der Waals surface area contributed by atoms with Gasteiger partial charge in [-0.2, -0.15) is 0 Å². The number of hydrogen-bond acceptors (Lipinski definition) is 11. The van der Waals surface area contributed by atoms with E-state index < -0.39 is 59.5 Å². The number of primary amides is 1.